The van der Waals surface area contributed by atoms with Crippen molar-refractivity contribution < 1.29 is 9.13 Å². The number of nitrogens with one attached hydrogen (secondary N) is 1. The number of methoxy groups -OCH3 is 1. The van der Waals surface area contributed by atoms with Gasteiger partial charge in [-0.1, -0.05) is 29.8 Å². The quantitative estimate of drug-likeness (QED) is 0.866. The normalized spacial score (nSPS) is 10.5. The van der Waals surface area contributed by atoms with Crippen LogP contribution >= 0.6 is 11.6 Å². The van der Waals surface area contributed by atoms with Crippen LogP contribution in [-0.4, -0.2) is 16.7 Å². The van der Waals surface area contributed by atoms with Crippen LogP contribution in [0.1, 0.15) is 5.56 Å². The number of H-pyrrole nitrogens is 1. The fraction of sp³-hybridized carbons (Fsp3) is 0.167. The predicted octanol–water partition coefficient (Wildman–Crippen LogP) is 1.39. The van der Waals surface area contributed by atoms with E-state index in [1.165, 1.54) is 7.11 Å². The third-order valence-electron chi connectivity index (χ3n) is 2.61. The number of aromatic nitrogens is 2. The van der Waals surface area contributed by atoms with Gasteiger partial charge in [0, 0.05) is 5.56 Å². The molecule has 0 aliphatic carbocycles. The second-order valence-corrected chi connectivity index (χ2v) is 4.14. The van der Waals surface area contributed by atoms with Gasteiger partial charge in [-0.3, -0.25) is 14.3 Å². The fourth-order valence-electron chi connectivity index (χ4n) is 1.67. The van der Waals surface area contributed by atoms with Crippen molar-refractivity contribution in [2.45, 2.75) is 6.54 Å². The Balaban J connectivity index is 2.53. The predicted molar refractivity (Wildman–Crippen MR) is 68.4 cm³/mol. The first kappa shape index (κ1) is 13.4. The molecular weight excluding hydrogens is 275 g/mol. The lowest BCUT2D eigenvalue weighted by molar-refractivity contribution is 0.407. The van der Waals surface area contributed by atoms with Gasteiger partial charge >= 0.3 is 5.69 Å². The summed E-state index contributed by atoms with van der Waals surface area (Å²) in [4.78, 5) is 25.4. The molecule has 19 heavy (non-hydrogen) atoms. The number of halogens is 2. The van der Waals surface area contributed by atoms with E-state index in [9.17, 15) is 14.0 Å². The highest BCUT2D eigenvalue weighted by Crippen LogP contribution is 2.17. The van der Waals surface area contributed by atoms with Crippen molar-refractivity contribution in [2.24, 2.45) is 0 Å². The smallest absolute Gasteiger partial charge is 0.329 e. The minimum Gasteiger partial charge on any atom is -0.496 e. The highest BCUT2D eigenvalue weighted by molar-refractivity contribution is 6.29. The van der Waals surface area contributed by atoms with Crippen LogP contribution in [0.15, 0.2) is 33.9 Å². The maximum Gasteiger partial charge on any atom is 0.329 e. The lowest BCUT2D eigenvalue weighted by Gasteiger charge is -2.09. The SMILES string of the molecule is COc1ccccc1Cn1c(=O)[nH]c(Cl)c(F)c1=O. The molecule has 7 heteroatoms. The fourth-order valence-corrected chi connectivity index (χ4v) is 1.83. The largest absolute Gasteiger partial charge is 0.496 e. The van der Waals surface area contributed by atoms with Crippen molar-refractivity contribution in [3.8, 4) is 5.75 Å². The van der Waals surface area contributed by atoms with Crippen LogP contribution in [0, 0.1) is 5.82 Å². The highest BCUT2D eigenvalue weighted by atomic mass is 35.5. The molecule has 0 atom stereocenters. The molecule has 0 fully saturated rings. The van der Waals surface area contributed by atoms with Crippen LogP contribution in [0.25, 0.3) is 0 Å². The van der Waals surface area contributed by atoms with Gasteiger partial charge in [-0.15, -0.1) is 0 Å². The molecule has 2 rings (SSSR count). The number of nitrogens with zero attached hydrogens (tertiary/aromatic N) is 1. The summed E-state index contributed by atoms with van der Waals surface area (Å²) in [6.45, 7) is -0.105. The molecule has 2 aromatic rings. The van der Waals surface area contributed by atoms with E-state index in [0.717, 1.165) is 4.57 Å². The molecule has 0 spiro atoms. The Labute approximate surface area is 112 Å². The summed E-state index contributed by atoms with van der Waals surface area (Å²) in [6.07, 6.45) is 0. The molecule has 0 amide bonds. The lowest BCUT2D eigenvalue weighted by atomic mass is 10.2. The molecule has 0 unspecified atom stereocenters. The monoisotopic (exact) mass is 284 g/mol. The van der Waals surface area contributed by atoms with E-state index < -0.39 is 22.2 Å². The maximum absolute atomic E-state index is 13.4. The van der Waals surface area contributed by atoms with Crippen molar-refractivity contribution in [1.82, 2.24) is 9.55 Å². The second kappa shape index (κ2) is 5.27. The number of hydrogen-bond donors (Lipinski definition) is 1. The van der Waals surface area contributed by atoms with Crippen LogP contribution in [-0.2, 0) is 6.54 Å². The Bertz CT molecular complexity index is 724. The number of rotatable bonds is 3. The van der Waals surface area contributed by atoms with Crippen molar-refractivity contribution in [2.75, 3.05) is 7.11 Å². The Kier molecular flexibility index (Phi) is 3.71. The Morgan fingerprint density at radius 3 is 2.74 bits per heavy atom. The van der Waals surface area contributed by atoms with Crippen molar-refractivity contribution >= 4 is 11.6 Å². The van der Waals surface area contributed by atoms with Crippen molar-refractivity contribution in [3.05, 3.63) is 61.6 Å². The molecule has 0 radical (unpaired) electrons. The number of hydrogen-bond acceptors (Lipinski definition) is 3. The van der Waals surface area contributed by atoms with E-state index >= 15 is 0 Å². The Morgan fingerprint density at radius 1 is 1.37 bits per heavy atom. The Morgan fingerprint density at radius 2 is 2.05 bits per heavy atom. The standard InChI is InChI=1S/C12H10ClFN2O3/c1-19-8-5-3-2-4-7(8)6-16-11(17)9(14)10(13)15-12(16)18/h2-5H,6H2,1H3,(H,15,18). The first-order valence-electron chi connectivity index (χ1n) is 5.34. The van der Waals surface area contributed by atoms with Gasteiger partial charge in [0.15, 0.2) is 5.15 Å². The molecular formula is C12H10ClFN2O3. The van der Waals surface area contributed by atoms with Crippen LogP contribution in [0.5, 0.6) is 5.75 Å². The van der Waals surface area contributed by atoms with Gasteiger partial charge < -0.3 is 4.74 Å². The van der Waals surface area contributed by atoms with Gasteiger partial charge in [-0.2, -0.15) is 4.39 Å². The van der Waals surface area contributed by atoms with Crippen molar-refractivity contribution in [3.63, 3.8) is 0 Å². The molecule has 0 aliphatic rings. The number of para-hydroxylation sites is 1. The molecule has 0 saturated carbocycles. The summed E-state index contributed by atoms with van der Waals surface area (Å²) in [7, 11) is 1.47. The molecule has 0 aliphatic heterocycles. The third-order valence-corrected chi connectivity index (χ3v) is 2.87. The second-order valence-electron chi connectivity index (χ2n) is 3.76. The zero-order valence-corrected chi connectivity index (χ0v) is 10.7. The first-order chi connectivity index (χ1) is 9.04. The molecule has 1 aromatic carbocycles. The van der Waals surface area contributed by atoms with E-state index in [1.807, 2.05) is 0 Å². The minimum absolute atomic E-state index is 0.105. The average Bonchev–Trinajstić information content (AvgIpc) is 2.41. The van der Waals surface area contributed by atoms with Crippen LogP contribution < -0.4 is 16.0 Å². The van der Waals surface area contributed by atoms with Gasteiger partial charge in [0.1, 0.15) is 5.75 Å². The van der Waals surface area contributed by atoms with E-state index in [2.05, 4.69) is 4.98 Å². The zero-order valence-electron chi connectivity index (χ0n) is 9.94. The highest BCUT2D eigenvalue weighted by Gasteiger charge is 2.13. The summed E-state index contributed by atoms with van der Waals surface area (Å²) in [5.41, 5.74) is -1.26. The van der Waals surface area contributed by atoms with Gasteiger partial charge in [0.25, 0.3) is 5.56 Å². The summed E-state index contributed by atoms with van der Waals surface area (Å²) in [6, 6.07) is 6.83. The van der Waals surface area contributed by atoms with Crippen LogP contribution in [0.3, 0.4) is 0 Å². The van der Waals surface area contributed by atoms with Crippen molar-refractivity contribution in [1.29, 1.82) is 0 Å². The van der Waals surface area contributed by atoms with Crippen LogP contribution in [0.2, 0.25) is 5.15 Å². The van der Waals surface area contributed by atoms with Gasteiger partial charge in [-0.25, -0.2) is 4.79 Å². The molecule has 1 aromatic heterocycles. The molecule has 100 valence electrons. The van der Waals surface area contributed by atoms with E-state index in [0.29, 0.717) is 11.3 Å². The van der Waals surface area contributed by atoms with Gasteiger partial charge in [-0.05, 0) is 6.07 Å². The zero-order chi connectivity index (χ0) is 14.0. The van der Waals surface area contributed by atoms with Crippen LogP contribution in [0.4, 0.5) is 4.39 Å². The summed E-state index contributed by atoms with van der Waals surface area (Å²) in [5, 5.41) is -0.591. The summed E-state index contributed by atoms with van der Waals surface area (Å²) in [5.74, 6) is -0.680. The van der Waals surface area contributed by atoms with Gasteiger partial charge in [0.05, 0.1) is 13.7 Å². The summed E-state index contributed by atoms with van der Waals surface area (Å²) < 4.78 is 19.2. The molecule has 5 nitrogen and oxygen atoms in total. The average molecular weight is 285 g/mol. The minimum atomic E-state index is -1.18. The number of benzene rings is 1. The first-order valence-corrected chi connectivity index (χ1v) is 5.72. The molecule has 1 N–H and O–H groups in total. The Hall–Kier alpha value is -2.08. The maximum atomic E-state index is 13.4. The number of ether oxygens (including phenoxy) is 1. The molecule has 0 saturated heterocycles. The summed E-state index contributed by atoms with van der Waals surface area (Å²) >= 11 is 5.38. The topological polar surface area (TPSA) is 64.1 Å². The lowest BCUT2D eigenvalue weighted by Crippen LogP contribution is -2.37. The van der Waals surface area contributed by atoms with E-state index in [1.54, 1.807) is 24.3 Å². The molecule has 0 bridgehead atoms. The molecule has 1 heterocycles. The van der Waals surface area contributed by atoms with E-state index in [4.69, 9.17) is 16.3 Å². The van der Waals surface area contributed by atoms with E-state index in [-0.39, 0.29) is 6.54 Å². The number of aromatic amines is 1. The third kappa shape index (κ3) is 2.53. The van der Waals surface area contributed by atoms with Gasteiger partial charge in [0.2, 0.25) is 5.82 Å².